The van der Waals surface area contributed by atoms with Crippen molar-refractivity contribution in [3.05, 3.63) is 74.4 Å². The van der Waals surface area contributed by atoms with E-state index in [-0.39, 0.29) is 23.7 Å². The minimum Gasteiger partial charge on any atom is -0.362 e. The first-order valence-corrected chi connectivity index (χ1v) is 12.2. The molecule has 4 rings (SSSR count). The predicted molar refractivity (Wildman–Crippen MR) is 140 cm³/mol. The molecule has 1 N–H and O–H groups in total. The van der Waals surface area contributed by atoms with Crippen molar-refractivity contribution < 1.29 is 9.59 Å². The molecule has 1 fully saturated rings. The third-order valence-corrected chi connectivity index (χ3v) is 7.14. The Bertz CT molecular complexity index is 1250. The minimum atomic E-state index is -0.454. The highest BCUT2D eigenvalue weighted by atomic mass is 35.5. The first kappa shape index (κ1) is 24.4. The summed E-state index contributed by atoms with van der Waals surface area (Å²) < 4.78 is 0. The molecule has 0 spiro atoms. The number of carbonyl (C=O) groups is 2. The van der Waals surface area contributed by atoms with Crippen LogP contribution in [0.25, 0.3) is 11.6 Å². The second-order valence-corrected chi connectivity index (χ2v) is 10.3. The van der Waals surface area contributed by atoms with Crippen molar-refractivity contribution in [3.8, 4) is 0 Å². The molecule has 0 aromatic heterocycles. The van der Waals surface area contributed by atoms with E-state index in [0.29, 0.717) is 10.0 Å². The number of hydrogen-bond acceptors (Lipinski definition) is 3. The van der Waals surface area contributed by atoms with E-state index >= 15 is 0 Å². The normalized spacial score (nSPS) is 18.3. The zero-order valence-corrected chi connectivity index (χ0v) is 21.6. The van der Waals surface area contributed by atoms with E-state index < -0.39 is 6.03 Å². The van der Waals surface area contributed by atoms with Gasteiger partial charge in [-0.2, -0.15) is 0 Å². The van der Waals surface area contributed by atoms with Crippen LogP contribution in [0.15, 0.2) is 42.1 Å². The van der Waals surface area contributed by atoms with Gasteiger partial charge < -0.3 is 10.2 Å². The molecular formula is C27H29Cl2N3O2. The Morgan fingerprint density at radius 3 is 2.47 bits per heavy atom. The number of rotatable bonds is 5. The van der Waals surface area contributed by atoms with Crippen LogP contribution in [0.3, 0.4) is 0 Å². The number of halogens is 2. The Labute approximate surface area is 211 Å². The van der Waals surface area contributed by atoms with Crippen LogP contribution in [0.2, 0.25) is 10.0 Å². The SMILES string of the molecule is CCCN1c2cc(C)c(/C=C3/NC(=O)N(Cc4ccc(Cl)c(Cl)c4)C3=O)cc2C(C)=CC1(C)C. The van der Waals surface area contributed by atoms with E-state index in [0.717, 1.165) is 35.2 Å². The fourth-order valence-electron chi connectivity index (χ4n) is 4.72. The highest BCUT2D eigenvalue weighted by Gasteiger charge is 2.34. The number of amides is 3. The summed E-state index contributed by atoms with van der Waals surface area (Å²) in [7, 11) is 0. The van der Waals surface area contributed by atoms with Crippen LogP contribution in [0.4, 0.5) is 10.5 Å². The molecule has 34 heavy (non-hydrogen) atoms. The summed E-state index contributed by atoms with van der Waals surface area (Å²) in [5, 5.41) is 3.54. The topological polar surface area (TPSA) is 52.7 Å². The van der Waals surface area contributed by atoms with E-state index in [1.54, 1.807) is 24.3 Å². The van der Waals surface area contributed by atoms with E-state index in [1.165, 1.54) is 16.2 Å². The van der Waals surface area contributed by atoms with Gasteiger partial charge in [-0.3, -0.25) is 9.69 Å². The number of allylic oxidation sites excluding steroid dienone is 1. The summed E-state index contributed by atoms with van der Waals surface area (Å²) >= 11 is 12.1. The summed E-state index contributed by atoms with van der Waals surface area (Å²) in [5.41, 5.74) is 6.42. The zero-order valence-electron chi connectivity index (χ0n) is 20.1. The average molecular weight is 498 g/mol. The number of carbonyl (C=O) groups excluding carboxylic acids is 2. The first-order chi connectivity index (χ1) is 16.0. The Hall–Kier alpha value is -2.76. The Balaban J connectivity index is 1.66. The second kappa shape index (κ2) is 9.12. The van der Waals surface area contributed by atoms with Crippen molar-refractivity contribution in [2.45, 2.75) is 53.1 Å². The molecule has 0 bridgehead atoms. The lowest BCUT2D eigenvalue weighted by Crippen LogP contribution is -2.45. The Morgan fingerprint density at radius 2 is 1.79 bits per heavy atom. The molecule has 0 atom stereocenters. The highest BCUT2D eigenvalue weighted by Crippen LogP contribution is 2.40. The average Bonchev–Trinajstić information content (AvgIpc) is 3.01. The smallest absolute Gasteiger partial charge is 0.329 e. The van der Waals surface area contributed by atoms with Crippen LogP contribution in [0.5, 0.6) is 0 Å². The van der Waals surface area contributed by atoms with Gasteiger partial charge in [-0.25, -0.2) is 4.79 Å². The maximum Gasteiger partial charge on any atom is 0.329 e. The fraction of sp³-hybridized carbons (Fsp3) is 0.333. The molecule has 7 heteroatoms. The molecule has 2 aromatic carbocycles. The van der Waals surface area contributed by atoms with E-state index in [1.807, 2.05) is 6.92 Å². The third kappa shape index (κ3) is 4.47. The molecule has 2 heterocycles. The molecule has 2 aliphatic heterocycles. The first-order valence-electron chi connectivity index (χ1n) is 11.4. The predicted octanol–water partition coefficient (Wildman–Crippen LogP) is 6.81. The van der Waals surface area contributed by atoms with Crippen molar-refractivity contribution in [1.29, 1.82) is 0 Å². The molecule has 178 valence electrons. The maximum atomic E-state index is 13.1. The summed E-state index contributed by atoms with van der Waals surface area (Å²) in [6.07, 6.45) is 5.11. The van der Waals surface area contributed by atoms with Crippen molar-refractivity contribution in [3.63, 3.8) is 0 Å². The van der Waals surface area contributed by atoms with Crippen LogP contribution in [-0.2, 0) is 11.3 Å². The molecule has 3 amide bonds. The van der Waals surface area contributed by atoms with Crippen LogP contribution >= 0.6 is 23.2 Å². The molecule has 5 nitrogen and oxygen atoms in total. The van der Waals surface area contributed by atoms with Crippen molar-refractivity contribution in [2.24, 2.45) is 0 Å². The van der Waals surface area contributed by atoms with Crippen molar-refractivity contribution >= 4 is 52.5 Å². The molecule has 0 unspecified atom stereocenters. The number of hydrogen-bond donors (Lipinski definition) is 1. The lowest BCUT2D eigenvalue weighted by Gasteiger charge is -2.43. The Kier molecular flexibility index (Phi) is 6.54. The van der Waals surface area contributed by atoms with Gasteiger partial charge in [-0.15, -0.1) is 0 Å². The lowest BCUT2D eigenvalue weighted by molar-refractivity contribution is -0.123. The number of nitrogens with zero attached hydrogens (tertiary/aromatic N) is 2. The van der Waals surface area contributed by atoms with E-state index in [9.17, 15) is 9.59 Å². The molecule has 0 aliphatic carbocycles. The van der Waals surface area contributed by atoms with Crippen molar-refractivity contribution in [1.82, 2.24) is 10.2 Å². The molecule has 0 saturated carbocycles. The van der Waals surface area contributed by atoms with Gasteiger partial charge in [-0.05, 0) is 86.7 Å². The summed E-state index contributed by atoms with van der Waals surface area (Å²) in [4.78, 5) is 29.2. The number of fused-ring (bicyclic) bond motifs is 1. The van der Waals surface area contributed by atoms with Gasteiger partial charge in [0.2, 0.25) is 0 Å². The highest BCUT2D eigenvalue weighted by molar-refractivity contribution is 6.42. The third-order valence-electron chi connectivity index (χ3n) is 6.40. The van der Waals surface area contributed by atoms with E-state index in [4.69, 9.17) is 23.2 Å². The monoisotopic (exact) mass is 497 g/mol. The summed E-state index contributed by atoms with van der Waals surface area (Å²) in [5.74, 6) is -0.366. The van der Waals surface area contributed by atoms with Gasteiger partial charge in [0.15, 0.2) is 0 Å². The zero-order chi connectivity index (χ0) is 24.8. The lowest BCUT2D eigenvalue weighted by atomic mass is 9.86. The number of nitrogens with one attached hydrogen (secondary N) is 1. The number of imide groups is 1. The molecule has 1 saturated heterocycles. The number of anilines is 1. The van der Waals surface area contributed by atoms with Crippen LogP contribution in [0, 0.1) is 6.92 Å². The molecular weight excluding hydrogens is 469 g/mol. The van der Waals surface area contributed by atoms with Gasteiger partial charge in [0.05, 0.1) is 22.1 Å². The van der Waals surface area contributed by atoms with Crippen LogP contribution in [-0.4, -0.2) is 28.9 Å². The number of urea groups is 1. The molecule has 2 aliphatic rings. The number of aryl methyl sites for hydroxylation is 1. The standard InChI is InChI=1S/C27H29Cl2N3O2/c1-6-9-32-24-10-16(2)19(12-20(24)17(3)14-27(32,4)5)13-23-25(33)31(26(34)30-23)15-18-7-8-21(28)22(29)11-18/h7-8,10-14H,6,9,15H2,1-5H3,(H,30,34)/b23-13+. The largest absolute Gasteiger partial charge is 0.362 e. The fourth-order valence-corrected chi connectivity index (χ4v) is 5.04. The van der Waals surface area contributed by atoms with Crippen molar-refractivity contribution in [2.75, 3.05) is 11.4 Å². The van der Waals surface area contributed by atoms with Gasteiger partial charge in [0, 0.05) is 17.8 Å². The number of benzene rings is 2. The minimum absolute atomic E-state index is 0.0695. The van der Waals surface area contributed by atoms with Crippen LogP contribution < -0.4 is 10.2 Å². The van der Waals surface area contributed by atoms with Crippen LogP contribution in [0.1, 0.15) is 56.4 Å². The van der Waals surface area contributed by atoms with Gasteiger partial charge in [0.25, 0.3) is 5.91 Å². The summed E-state index contributed by atoms with van der Waals surface area (Å²) in [6.45, 7) is 11.9. The molecule has 2 aromatic rings. The van der Waals surface area contributed by atoms with Gasteiger partial charge >= 0.3 is 6.03 Å². The van der Waals surface area contributed by atoms with E-state index in [2.05, 4.69) is 56.1 Å². The molecule has 0 radical (unpaired) electrons. The quantitative estimate of drug-likeness (QED) is 0.364. The van der Waals surface area contributed by atoms with Gasteiger partial charge in [-0.1, -0.05) is 42.3 Å². The van der Waals surface area contributed by atoms with Gasteiger partial charge in [0.1, 0.15) is 5.70 Å². The summed E-state index contributed by atoms with van der Waals surface area (Å²) in [6, 6.07) is 8.92. The maximum absolute atomic E-state index is 13.1. The Morgan fingerprint density at radius 1 is 1.06 bits per heavy atom. The second-order valence-electron chi connectivity index (χ2n) is 9.49.